The van der Waals surface area contributed by atoms with Crippen molar-refractivity contribution < 1.29 is 8.42 Å². The SMILES string of the molecule is CS(=O)(=O)N1CCN(CC=CCS)CC1. The van der Waals surface area contributed by atoms with E-state index in [2.05, 4.69) is 23.6 Å². The molecule has 0 radical (unpaired) electrons. The molecule has 0 unspecified atom stereocenters. The van der Waals surface area contributed by atoms with Gasteiger partial charge in [0.2, 0.25) is 10.0 Å². The maximum absolute atomic E-state index is 11.2. The summed E-state index contributed by atoms with van der Waals surface area (Å²) in [4.78, 5) is 2.24. The van der Waals surface area contributed by atoms with E-state index in [1.807, 2.05) is 6.08 Å². The summed E-state index contributed by atoms with van der Waals surface area (Å²) in [6.45, 7) is 3.72. The predicted octanol–water partition coefficient (Wildman–Crippen LogP) is 0.0496. The molecule has 88 valence electrons. The summed E-state index contributed by atoms with van der Waals surface area (Å²) in [5, 5.41) is 0. The van der Waals surface area contributed by atoms with E-state index in [1.165, 1.54) is 10.6 Å². The highest BCUT2D eigenvalue weighted by atomic mass is 32.2. The molecule has 15 heavy (non-hydrogen) atoms. The number of piperazine rings is 1. The zero-order chi connectivity index (χ0) is 11.3. The Morgan fingerprint density at radius 2 is 1.80 bits per heavy atom. The fraction of sp³-hybridized carbons (Fsp3) is 0.778. The summed E-state index contributed by atoms with van der Waals surface area (Å²) in [5.74, 6) is 0.753. The second kappa shape index (κ2) is 5.89. The standard InChI is InChI=1S/C9H18N2O2S2/c1-15(12,13)11-7-5-10(6-8-11)4-2-3-9-14/h2-3,14H,4-9H2,1H3. The fourth-order valence-corrected chi connectivity index (χ4v) is 2.52. The average molecular weight is 250 g/mol. The Hall–Kier alpha value is -0.0400. The molecule has 1 fully saturated rings. The molecule has 0 amide bonds. The summed E-state index contributed by atoms with van der Waals surface area (Å²) in [6, 6.07) is 0. The van der Waals surface area contributed by atoms with Gasteiger partial charge in [-0.25, -0.2) is 8.42 Å². The van der Waals surface area contributed by atoms with Crippen molar-refractivity contribution >= 4 is 22.7 Å². The number of rotatable bonds is 4. The zero-order valence-electron chi connectivity index (χ0n) is 8.96. The molecule has 0 aromatic heterocycles. The topological polar surface area (TPSA) is 40.6 Å². The maximum atomic E-state index is 11.2. The van der Waals surface area contributed by atoms with Crippen molar-refractivity contribution in [3.8, 4) is 0 Å². The molecule has 6 heteroatoms. The summed E-state index contributed by atoms with van der Waals surface area (Å²) >= 11 is 4.08. The Morgan fingerprint density at radius 1 is 1.20 bits per heavy atom. The minimum absolute atomic E-state index is 0.605. The van der Waals surface area contributed by atoms with Crippen LogP contribution in [0.15, 0.2) is 12.2 Å². The third kappa shape index (κ3) is 4.55. The van der Waals surface area contributed by atoms with Gasteiger partial charge in [0, 0.05) is 38.5 Å². The van der Waals surface area contributed by atoms with Crippen LogP contribution in [-0.4, -0.2) is 62.4 Å². The second-order valence-corrected chi connectivity index (χ2v) is 5.96. The molecule has 0 atom stereocenters. The minimum Gasteiger partial charge on any atom is -0.297 e. The first-order valence-electron chi connectivity index (χ1n) is 4.97. The Balaban J connectivity index is 2.33. The van der Waals surface area contributed by atoms with Crippen molar-refractivity contribution in [1.82, 2.24) is 9.21 Å². The molecular formula is C9H18N2O2S2. The molecule has 4 nitrogen and oxygen atoms in total. The van der Waals surface area contributed by atoms with Crippen LogP contribution >= 0.6 is 12.6 Å². The van der Waals surface area contributed by atoms with Crippen molar-refractivity contribution in [2.45, 2.75) is 0 Å². The van der Waals surface area contributed by atoms with Crippen molar-refractivity contribution in [1.29, 1.82) is 0 Å². The third-order valence-electron chi connectivity index (χ3n) is 2.44. The van der Waals surface area contributed by atoms with Gasteiger partial charge in [0.25, 0.3) is 0 Å². The maximum Gasteiger partial charge on any atom is 0.211 e. The van der Waals surface area contributed by atoms with Gasteiger partial charge in [-0.05, 0) is 0 Å². The monoisotopic (exact) mass is 250 g/mol. The van der Waals surface area contributed by atoms with E-state index >= 15 is 0 Å². The normalized spacial score (nSPS) is 21.2. The Bertz CT molecular complexity index is 306. The predicted molar refractivity (Wildman–Crippen MR) is 65.8 cm³/mol. The molecule has 0 aromatic rings. The van der Waals surface area contributed by atoms with E-state index in [9.17, 15) is 8.42 Å². The molecule has 0 N–H and O–H groups in total. The third-order valence-corrected chi connectivity index (χ3v) is 3.95. The zero-order valence-corrected chi connectivity index (χ0v) is 10.7. The van der Waals surface area contributed by atoms with Crippen LogP contribution in [-0.2, 0) is 10.0 Å². The van der Waals surface area contributed by atoms with Crippen molar-refractivity contribution in [2.75, 3.05) is 44.7 Å². The number of nitrogens with zero attached hydrogens (tertiary/aromatic N) is 2. The lowest BCUT2D eigenvalue weighted by molar-refractivity contribution is 0.205. The van der Waals surface area contributed by atoms with Crippen LogP contribution in [0.1, 0.15) is 0 Å². The van der Waals surface area contributed by atoms with Crippen LogP contribution in [0.25, 0.3) is 0 Å². The first-order chi connectivity index (χ1) is 7.04. The highest BCUT2D eigenvalue weighted by Crippen LogP contribution is 2.05. The van der Waals surface area contributed by atoms with Gasteiger partial charge in [-0.1, -0.05) is 12.2 Å². The summed E-state index contributed by atoms with van der Waals surface area (Å²) in [6.07, 6.45) is 5.35. The van der Waals surface area contributed by atoms with Gasteiger partial charge in [0.15, 0.2) is 0 Å². The molecule has 1 heterocycles. The van der Waals surface area contributed by atoms with Crippen LogP contribution < -0.4 is 0 Å². The molecule has 1 aliphatic heterocycles. The van der Waals surface area contributed by atoms with E-state index in [-0.39, 0.29) is 0 Å². The molecule has 1 saturated heterocycles. The number of hydrogen-bond acceptors (Lipinski definition) is 4. The van der Waals surface area contributed by atoms with Crippen LogP contribution in [0.5, 0.6) is 0 Å². The van der Waals surface area contributed by atoms with Crippen LogP contribution in [0.3, 0.4) is 0 Å². The van der Waals surface area contributed by atoms with Crippen molar-refractivity contribution in [2.24, 2.45) is 0 Å². The summed E-state index contributed by atoms with van der Waals surface area (Å²) < 4.78 is 24.0. The Morgan fingerprint density at radius 3 is 2.27 bits per heavy atom. The van der Waals surface area contributed by atoms with E-state index in [0.29, 0.717) is 13.1 Å². The quantitative estimate of drug-likeness (QED) is 0.566. The van der Waals surface area contributed by atoms with Crippen molar-refractivity contribution in [3.05, 3.63) is 12.2 Å². The van der Waals surface area contributed by atoms with Gasteiger partial charge in [0.05, 0.1) is 6.26 Å². The van der Waals surface area contributed by atoms with E-state index < -0.39 is 10.0 Å². The number of hydrogen-bond donors (Lipinski definition) is 1. The molecule has 0 spiro atoms. The van der Waals surface area contributed by atoms with Gasteiger partial charge in [0.1, 0.15) is 0 Å². The Labute approximate surface area is 97.4 Å². The molecule has 1 aliphatic rings. The second-order valence-electron chi connectivity index (χ2n) is 3.62. The highest BCUT2D eigenvalue weighted by molar-refractivity contribution is 7.88. The number of thiol groups is 1. The van der Waals surface area contributed by atoms with Gasteiger partial charge in [-0.2, -0.15) is 16.9 Å². The molecule has 0 saturated carbocycles. The minimum atomic E-state index is -3.00. The lowest BCUT2D eigenvalue weighted by Crippen LogP contribution is -2.48. The van der Waals surface area contributed by atoms with E-state index in [1.54, 1.807) is 0 Å². The van der Waals surface area contributed by atoms with E-state index in [0.717, 1.165) is 25.4 Å². The summed E-state index contributed by atoms with van der Waals surface area (Å²) in [7, 11) is -3.00. The van der Waals surface area contributed by atoms with Gasteiger partial charge in [-0.15, -0.1) is 0 Å². The average Bonchev–Trinajstić information content (AvgIpc) is 2.18. The largest absolute Gasteiger partial charge is 0.297 e. The lowest BCUT2D eigenvalue weighted by Gasteiger charge is -2.32. The molecule has 0 bridgehead atoms. The molecular weight excluding hydrogens is 232 g/mol. The van der Waals surface area contributed by atoms with Gasteiger partial charge >= 0.3 is 0 Å². The Kier molecular flexibility index (Phi) is 5.11. The summed E-state index contributed by atoms with van der Waals surface area (Å²) in [5.41, 5.74) is 0. The lowest BCUT2D eigenvalue weighted by atomic mass is 10.3. The van der Waals surface area contributed by atoms with E-state index in [4.69, 9.17) is 0 Å². The van der Waals surface area contributed by atoms with Crippen molar-refractivity contribution in [3.63, 3.8) is 0 Å². The fourth-order valence-electron chi connectivity index (χ4n) is 1.54. The molecule has 1 rings (SSSR count). The van der Waals surface area contributed by atoms with Gasteiger partial charge < -0.3 is 0 Å². The molecule has 0 aromatic carbocycles. The van der Waals surface area contributed by atoms with Crippen LogP contribution in [0, 0.1) is 0 Å². The van der Waals surface area contributed by atoms with Crippen LogP contribution in [0.4, 0.5) is 0 Å². The first kappa shape index (κ1) is 13.0. The number of sulfonamides is 1. The first-order valence-corrected chi connectivity index (χ1v) is 7.45. The van der Waals surface area contributed by atoms with Gasteiger partial charge in [-0.3, -0.25) is 4.90 Å². The van der Waals surface area contributed by atoms with Crippen LogP contribution in [0.2, 0.25) is 0 Å². The highest BCUT2D eigenvalue weighted by Gasteiger charge is 2.22. The molecule has 0 aliphatic carbocycles. The smallest absolute Gasteiger partial charge is 0.211 e.